The molecule has 5 heteroatoms. The second kappa shape index (κ2) is 6.71. The summed E-state index contributed by atoms with van der Waals surface area (Å²) in [4.78, 5) is 14.4. The first-order chi connectivity index (χ1) is 11.6. The molecule has 0 saturated carbocycles. The summed E-state index contributed by atoms with van der Waals surface area (Å²) in [5.41, 5.74) is 3.64. The minimum absolute atomic E-state index is 0.0250. The van der Waals surface area contributed by atoms with Crippen LogP contribution >= 0.6 is 0 Å². The highest BCUT2D eigenvalue weighted by molar-refractivity contribution is 5.94. The molecule has 1 amide bonds. The van der Waals surface area contributed by atoms with Crippen molar-refractivity contribution in [3.63, 3.8) is 0 Å². The van der Waals surface area contributed by atoms with Gasteiger partial charge in [-0.05, 0) is 43.5 Å². The molecule has 24 heavy (non-hydrogen) atoms. The van der Waals surface area contributed by atoms with Gasteiger partial charge in [0.05, 0.1) is 23.4 Å². The Morgan fingerprint density at radius 2 is 2.04 bits per heavy atom. The molecule has 3 rings (SSSR count). The SMILES string of the molecule is CC(C)n1cc(C(=O)N2CC=C(c3ccc(C#N)cc3)CC2)cn1. The molecule has 122 valence electrons. The third-order valence-electron chi connectivity index (χ3n) is 4.26. The Morgan fingerprint density at radius 3 is 2.58 bits per heavy atom. The van der Waals surface area contributed by atoms with Crippen LogP contribution in [0.15, 0.2) is 42.7 Å². The summed E-state index contributed by atoms with van der Waals surface area (Å²) >= 11 is 0. The van der Waals surface area contributed by atoms with E-state index in [1.54, 1.807) is 10.9 Å². The van der Waals surface area contributed by atoms with Crippen molar-refractivity contribution < 1.29 is 4.79 Å². The fourth-order valence-electron chi connectivity index (χ4n) is 2.79. The summed E-state index contributed by atoms with van der Waals surface area (Å²) in [5, 5.41) is 13.1. The fraction of sp³-hybridized carbons (Fsp3) is 0.316. The average molecular weight is 320 g/mol. The minimum atomic E-state index is 0.0250. The predicted octanol–water partition coefficient (Wildman–Crippen LogP) is 3.27. The summed E-state index contributed by atoms with van der Waals surface area (Å²) in [6.45, 7) is 5.36. The van der Waals surface area contributed by atoms with Crippen molar-refractivity contribution in [3.8, 4) is 6.07 Å². The monoisotopic (exact) mass is 320 g/mol. The molecule has 1 aromatic heterocycles. The summed E-state index contributed by atoms with van der Waals surface area (Å²) in [5.74, 6) is 0.0250. The lowest BCUT2D eigenvalue weighted by molar-refractivity contribution is 0.0772. The smallest absolute Gasteiger partial charge is 0.257 e. The van der Waals surface area contributed by atoms with Gasteiger partial charge in [0.1, 0.15) is 0 Å². The number of aromatic nitrogens is 2. The van der Waals surface area contributed by atoms with Crippen LogP contribution in [0.4, 0.5) is 0 Å². The lowest BCUT2D eigenvalue weighted by atomic mass is 9.98. The van der Waals surface area contributed by atoms with Gasteiger partial charge in [-0.15, -0.1) is 0 Å². The van der Waals surface area contributed by atoms with E-state index < -0.39 is 0 Å². The summed E-state index contributed by atoms with van der Waals surface area (Å²) in [6.07, 6.45) is 6.36. The highest BCUT2D eigenvalue weighted by Gasteiger charge is 2.20. The first-order valence-electron chi connectivity index (χ1n) is 8.11. The van der Waals surface area contributed by atoms with E-state index in [1.165, 1.54) is 5.57 Å². The van der Waals surface area contributed by atoms with Crippen molar-refractivity contribution in [3.05, 3.63) is 59.4 Å². The van der Waals surface area contributed by atoms with Crippen LogP contribution in [-0.2, 0) is 0 Å². The van der Waals surface area contributed by atoms with Crippen molar-refractivity contribution in [1.82, 2.24) is 14.7 Å². The molecule has 0 N–H and O–H groups in total. The van der Waals surface area contributed by atoms with Gasteiger partial charge in [-0.1, -0.05) is 18.2 Å². The predicted molar refractivity (Wildman–Crippen MR) is 92.3 cm³/mol. The Kier molecular flexibility index (Phi) is 4.48. The van der Waals surface area contributed by atoms with Crippen LogP contribution in [0.25, 0.3) is 5.57 Å². The van der Waals surface area contributed by atoms with Crippen LogP contribution in [0, 0.1) is 11.3 Å². The molecule has 2 aromatic rings. The first-order valence-corrected chi connectivity index (χ1v) is 8.11. The Labute approximate surface area is 141 Å². The van der Waals surface area contributed by atoms with Crippen LogP contribution in [-0.4, -0.2) is 33.7 Å². The van der Waals surface area contributed by atoms with Crippen LogP contribution in [0.1, 0.15) is 47.8 Å². The third-order valence-corrected chi connectivity index (χ3v) is 4.26. The highest BCUT2D eigenvalue weighted by Crippen LogP contribution is 2.23. The molecule has 0 radical (unpaired) electrons. The molecule has 0 fully saturated rings. The Balaban J connectivity index is 1.69. The summed E-state index contributed by atoms with van der Waals surface area (Å²) in [6, 6.07) is 9.96. The average Bonchev–Trinajstić information content (AvgIpc) is 3.12. The Hall–Kier alpha value is -2.87. The van der Waals surface area contributed by atoms with Gasteiger partial charge in [0, 0.05) is 25.3 Å². The highest BCUT2D eigenvalue weighted by atomic mass is 16.2. The topological polar surface area (TPSA) is 61.9 Å². The number of rotatable bonds is 3. The summed E-state index contributed by atoms with van der Waals surface area (Å²) < 4.78 is 1.80. The summed E-state index contributed by atoms with van der Waals surface area (Å²) in [7, 11) is 0. The van der Waals surface area contributed by atoms with E-state index in [9.17, 15) is 4.79 Å². The molecule has 0 spiro atoms. The number of amides is 1. The number of nitrogens with zero attached hydrogens (tertiary/aromatic N) is 4. The van der Waals surface area contributed by atoms with Crippen LogP contribution in [0.5, 0.6) is 0 Å². The van der Waals surface area contributed by atoms with Gasteiger partial charge in [-0.3, -0.25) is 9.48 Å². The quantitative estimate of drug-likeness (QED) is 0.872. The van der Waals surface area contributed by atoms with E-state index in [0.717, 1.165) is 12.0 Å². The van der Waals surface area contributed by atoms with Crippen molar-refractivity contribution in [2.45, 2.75) is 26.3 Å². The molecule has 0 saturated heterocycles. The molecule has 2 heterocycles. The van der Waals surface area contributed by atoms with E-state index in [1.807, 2.05) is 49.2 Å². The largest absolute Gasteiger partial charge is 0.334 e. The maximum absolute atomic E-state index is 12.6. The third kappa shape index (κ3) is 3.23. The number of nitriles is 1. The van der Waals surface area contributed by atoms with Gasteiger partial charge in [-0.2, -0.15) is 10.4 Å². The lowest BCUT2D eigenvalue weighted by Gasteiger charge is -2.26. The molecule has 0 aliphatic carbocycles. The minimum Gasteiger partial charge on any atom is -0.334 e. The number of hydrogen-bond acceptors (Lipinski definition) is 3. The van der Waals surface area contributed by atoms with Gasteiger partial charge >= 0.3 is 0 Å². The fourth-order valence-corrected chi connectivity index (χ4v) is 2.79. The molecule has 5 nitrogen and oxygen atoms in total. The maximum Gasteiger partial charge on any atom is 0.257 e. The van der Waals surface area contributed by atoms with Gasteiger partial charge < -0.3 is 4.90 Å². The molecule has 1 aliphatic rings. The van der Waals surface area contributed by atoms with E-state index in [4.69, 9.17) is 5.26 Å². The molecule has 1 aromatic carbocycles. The van der Waals surface area contributed by atoms with Gasteiger partial charge in [0.2, 0.25) is 0 Å². The Morgan fingerprint density at radius 1 is 1.29 bits per heavy atom. The van der Waals surface area contributed by atoms with Crippen molar-refractivity contribution in [2.24, 2.45) is 0 Å². The van der Waals surface area contributed by atoms with E-state index in [0.29, 0.717) is 24.2 Å². The van der Waals surface area contributed by atoms with E-state index in [2.05, 4.69) is 17.2 Å². The zero-order valence-corrected chi connectivity index (χ0v) is 13.9. The number of hydrogen-bond donors (Lipinski definition) is 0. The van der Waals surface area contributed by atoms with Crippen molar-refractivity contribution >= 4 is 11.5 Å². The molecule has 0 unspecified atom stereocenters. The van der Waals surface area contributed by atoms with Gasteiger partial charge in [0.15, 0.2) is 0 Å². The first kappa shape index (κ1) is 16.0. The Bertz CT molecular complexity index is 809. The van der Waals surface area contributed by atoms with E-state index in [-0.39, 0.29) is 11.9 Å². The standard InChI is InChI=1S/C19H20N4O/c1-14(2)23-13-18(12-21-23)19(24)22-9-7-17(8-10-22)16-5-3-15(11-20)4-6-16/h3-7,12-14H,8-10H2,1-2H3. The van der Waals surface area contributed by atoms with Crippen LogP contribution in [0.3, 0.4) is 0 Å². The maximum atomic E-state index is 12.6. The zero-order chi connectivity index (χ0) is 17.1. The van der Waals surface area contributed by atoms with Crippen LogP contribution in [0.2, 0.25) is 0 Å². The number of carbonyl (C=O) groups excluding carboxylic acids is 1. The van der Waals surface area contributed by atoms with E-state index >= 15 is 0 Å². The number of benzene rings is 1. The second-order valence-electron chi connectivity index (χ2n) is 6.22. The normalized spacial score (nSPS) is 14.4. The molecular formula is C19H20N4O. The zero-order valence-electron chi connectivity index (χ0n) is 13.9. The van der Waals surface area contributed by atoms with Crippen molar-refractivity contribution in [2.75, 3.05) is 13.1 Å². The number of carbonyl (C=O) groups is 1. The molecule has 1 aliphatic heterocycles. The van der Waals surface area contributed by atoms with Crippen LogP contribution < -0.4 is 0 Å². The van der Waals surface area contributed by atoms with Gasteiger partial charge in [-0.25, -0.2) is 0 Å². The molecule has 0 bridgehead atoms. The lowest BCUT2D eigenvalue weighted by Crippen LogP contribution is -2.34. The van der Waals surface area contributed by atoms with Crippen molar-refractivity contribution in [1.29, 1.82) is 5.26 Å². The molecule has 0 atom stereocenters. The molecular weight excluding hydrogens is 300 g/mol. The second-order valence-corrected chi connectivity index (χ2v) is 6.22. The van der Waals surface area contributed by atoms with Gasteiger partial charge in [0.25, 0.3) is 5.91 Å².